The topological polar surface area (TPSA) is 75.9 Å². The third-order valence-electron chi connectivity index (χ3n) is 2.45. The third kappa shape index (κ3) is 3.97. The van der Waals surface area contributed by atoms with Gasteiger partial charge in [-0.25, -0.2) is 4.79 Å². The Morgan fingerprint density at radius 2 is 2.05 bits per heavy atom. The summed E-state index contributed by atoms with van der Waals surface area (Å²) >= 11 is 0. The van der Waals surface area contributed by atoms with Crippen LogP contribution in [0.2, 0.25) is 0 Å². The van der Waals surface area contributed by atoms with Gasteiger partial charge in [0.15, 0.2) is 5.69 Å². The van der Waals surface area contributed by atoms with Crippen LogP contribution in [-0.4, -0.2) is 55.6 Å². The highest BCUT2D eigenvalue weighted by atomic mass is 16.5. The van der Waals surface area contributed by atoms with Gasteiger partial charge in [-0.3, -0.25) is 4.79 Å². The number of amides is 1. The highest BCUT2D eigenvalue weighted by molar-refractivity contribution is 5.87. The van der Waals surface area contributed by atoms with Crippen LogP contribution in [0, 0.1) is 0 Å². The van der Waals surface area contributed by atoms with Gasteiger partial charge < -0.3 is 19.0 Å². The molecule has 0 aromatic carbocycles. The second-order valence-electron chi connectivity index (χ2n) is 4.04. The molecule has 0 saturated heterocycles. The van der Waals surface area contributed by atoms with E-state index in [0.29, 0.717) is 6.54 Å². The monoisotopic (exact) mass is 269 g/mol. The van der Waals surface area contributed by atoms with E-state index in [-0.39, 0.29) is 30.8 Å². The normalized spacial score (nSPS) is 10.1. The van der Waals surface area contributed by atoms with E-state index >= 15 is 0 Å². The molecule has 1 amide bonds. The van der Waals surface area contributed by atoms with Crippen LogP contribution in [0.15, 0.2) is 10.7 Å². The van der Waals surface area contributed by atoms with Gasteiger partial charge in [0.25, 0.3) is 6.01 Å². The minimum absolute atomic E-state index is 0.0715. The number of nitrogens with zero attached hydrogens (tertiary/aromatic N) is 3. The molecule has 19 heavy (non-hydrogen) atoms. The first-order valence-corrected chi connectivity index (χ1v) is 6.07. The zero-order valence-electron chi connectivity index (χ0n) is 11.7. The van der Waals surface area contributed by atoms with Crippen LogP contribution in [-0.2, 0) is 9.53 Å². The predicted molar refractivity (Wildman–Crippen MR) is 69.0 cm³/mol. The molecule has 1 aromatic heterocycles. The summed E-state index contributed by atoms with van der Waals surface area (Å²) in [6.45, 7) is 4.55. The van der Waals surface area contributed by atoms with Crippen molar-refractivity contribution in [1.82, 2.24) is 9.88 Å². The number of rotatable bonds is 6. The lowest BCUT2D eigenvalue weighted by molar-refractivity contribution is -0.127. The van der Waals surface area contributed by atoms with Crippen LogP contribution in [0.3, 0.4) is 0 Å². The standard InChI is InChI=1S/C12H19N3O4/c1-5-15(7-10(16)14(3)4)12-13-9(8-19-12)11(17)18-6-2/h8H,5-7H2,1-4H3. The SMILES string of the molecule is CCOC(=O)c1coc(N(CC)CC(=O)N(C)C)n1. The second-order valence-corrected chi connectivity index (χ2v) is 4.04. The van der Waals surface area contributed by atoms with Crippen LogP contribution in [0.4, 0.5) is 6.01 Å². The van der Waals surface area contributed by atoms with Crippen molar-refractivity contribution in [3.05, 3.63) is 12.0 Å². The Morgan fingerprint density at radius 1 is 1.37 bits per heavy atom. The molecule has 0 unspecified atom stereocenters. The fraction of sp³-hybridized carbons (Fsp3) is 0.583. The average molecular weight is 269 g/mol. The van der Waals surface area contributed by atoms with Crippen molar-refractivity contribution in [2.24, 2.45) is 0 Å². The van der Waals surface area contributed by atoms with E-state index in [4.69, 9.17) is 9.15 Å². The number of anilines is 1. The summed E-state index contributed by atoms with van der Waals surface area (Å²) in [5.41, 5.74) is 0.104. The first-order chi connectivity index (χ1) is 8.99. The summed E-state index contributed by atoms with van der Waals surface area (Å²) in [6, 6.07) is 0.237. The predicted octanol–water partition coefficient (Wildman–Crippen LogP) is 0.766. The lowest BCUT2D eigenvalue weighted by atomic mass is 10.4. The van der Waals surface area contributed by atoms with Gasteiger partial charge in [-0.1, -0.05) is 0 Å². The Kier molecular flexibility index (Phi) is 5.35. The first kappa shape index (κ1) is 15.0. The Bertz CT molecular complexity index is 442. The number of hydrogen-bond acceptors (Lipinski definition) is 6. The zero-order chi connectivity index (χ0) is 14.4. The number of hydrogen-bond donors (Lipinski definition) is 0. The van der Waals surface area contributed by atoms with Crippen molar-refractivity contribution in [1.29, 1.82) is 0 Å². The molecule has 0 radical (unpaired) electrons. The quantitative estimate of drug-likeness (QED) is 0.710. The number of esters is 1. The third-order valence-corrected chi connectivity index (χ3v) is 2.45. The largest absolute Gasteiger partial charge is 0.461 e. The van der Waals surface area contributed by atoms with E-state index in [2.05, 4.69) is 4.98 Å². The Hall–Kier alpha value is -2.05. The Labute approximate surface area is 112 Å². The lowest BCUT2D eigenvalue weighted by Crippen LogP contribution is -2.36. The van der Waals surface area contributed by atoms with Gasteiger partial charge in [0, 0.05) is 20.6 Å². The van der Waals surface area contributed by atoms with Crippen molar-refractivity contribution < 1.29 is 18.7 Å². The number of carbonyl (C=O) groups is 2. The number of aromatic nitrogens is 1. The molecule has 0 saturated carbocycles. The van der Waals surface area contributed by atoms with E-state index in [1.54, 1.807) is 25.9 Å². The number of likely N-dealkylation sites (N-methyl/N-ethyl adjacent to an activating group) is 2. The molecule has 0 bridgehead atoms. The molecule has 0 aliphatic carbocycles. The molecule has 0 N–H and O–H groups in total. The molecule has 106 valence electrons. The molecular weight excluding hydrogens is 250 g/mol. The Morgan fingerprint density at radius 3 is 2.58 bits per heavy atom. The van der Waals surface area contributed by atoms with Gasteiger partial charge in [-0.15, -0.1) is 0 Å². The molecule has 0 spiro atoms. The summed E-state index contributed by atoms with van der Waals surface area (Å²) in [5, 5.41) is 0. The van der Waals surface area contributed by atoms with E-state index < -0.39 is 5.97 Å². The van der Waals surface area contributed by atoms with Crippen LogP contribution in [0.1, 0.15) is 24.3 Å². The Balaban J connectivity index is 2.77. The maximum absolute atomic E-state index is 11.7. The maximum atomic E-state index is 11.7. The molecule has 0 atom stereocenters. The fourth-order valence-corrected chi connectivity index (χ4v) is 1.33. The van der Waals surface area contributed by atoms with E-state index in [1.807, 2.05) is 6.92 Å². The summed E-state index contributed by atoms with van der Waals surface area (Å²) in [5.74, 6) is -0.606. The van der Waals surface area contributed by atoms with Gasteiger partial charge >= 0.3 is 5.97 Å². The van der Waals surface area contributed by atoms with E-state index in [9.17, 15) is 9.59 Å². The van der Waals surface area contributed by atoms with Gasteiger partial charge in [0.1, 0.15) is 12.8 Å². The van der Waals surface area contributed by atoms with E-state index in [0.717, 1.165) is 0 Å². The lowest BCUT2D eigenvalue weighted by Gasteiger charge is -2.20. The number of ether oxygens (including phenoxy) is 1. The molecule has 1 heterocycles. The van der Waals surface area contributed by atoms with Crippen molar-refractivity contribution in [3.8, 4) is 0 Å². The van der Waals surface area contributed by atoms with Crippen LogP contribution in [0.5, 0.6) is 0 Å². The molecule has 7 heteroatoms. The van der Waals surface area contributed by atoms with Crippen molar-refractivity contribution in [2.75, 3.05) is 38.7 Å². The fourth-order valence-electron chi connectivity index (χ4n) is 1.33. The smallest absolute Gasteiger partial charge is 0.360 e. The second kappa shape index (κ2) is 6.77. The number of oxazole rings is 1. The summed E-state index contributed by atoms with van der Waals surface area (Å²) in [6.07, 6.45) is 1.23. The van der Waals surface area contributed by atoms with Crippen molar-refractivity contribution >= 4 is 17.9 Å². The van der Waals surface area contributed by atoms with Gasteiger partial charge in [0.2, 0.25) is 5.91 Å². The molecule has 1 aromatic rings. The van der Waals surface area contributed by atoms with Gasteiger partial charge in [0.05, 0.1) is 6.61 Å². The summed E-state index contributed by atoms with van der Waals surface area (Å²) in [4.78, 5) is 30.3. The number of carbonyl (C=O) groups excluding carboxylic acids is 2. The van der Waals surface area contributed by atoms with Crippen LogP contribution < -0.4 is 4.90 Å². The average Bonchev–Trinajstić information content (AvgIpc) is 2.85. The maximum Gasteiger partial charge on any atom is 0.360 e. The first-order valence-electron chi connectivity index (χ1n) is 6.07. The minimum Gasteiger partial charge on any atom is -0.461 e. The summed E-state index contributed by atoms with van der Waals surface area (Å²) in [7, 11) is 3.35. The van der Waals surface area contributed by atoms with Crippen LogP contribution >= 0.6 is 0 Å². The van der Waals surface area contributed by atoms with Gasteiger partial charge in [-0.2, -0.15) is 4.98 Å². The molecule has 1 rings (SSSR count). The molecule has 7 nitrogen and oxygen atoms in total. The van der Waals surface area contributed by atoms with E-state index in [1.165, 1.54) is 11.2 Å². The zero-order valence-corrected chi connectivity index (χ0v) is 11.7. The molecule has 0 aliphatic rings. The van der Waals surface area contributed by atoms with Crippen LogP contribution in [0.25, 0.3) is 0 Å². The highest BCUT2D eigenvalue weighted by Gasteiger charge is 2.19. The van der Waals surface area contributed by atoms with Crippen molar-refractivity contribution in [2.45, 2.75) is 13.8 Å². The van der Waals surface area contributed by atoms with Crippen molar-refractivity contribution in [3.63, 3.8) is 0 Å². The summed E-state index contributed by atoms with van der Waals surface area (Å²) < 4.78 is 10.0. The molecule has 0 fully saturated rings. The molecular formula is C12H19N3O4. The molecule has 0 aliphatic heterocycles. The highest BCUT2D eigenvalue weighted by Crippen LogP contribution is 2.14. The van der Waals surface area contributed by atoms with Gasteiger partial charge in [-0.05, 0) is 13.8 Å². The minimum atomic E-state index is -0.535.